The van der Waals surface area contributed by atoms with Crippen LogP contribution in [0.3, 0.4) is 0 Å². The van der Waals surface area contributed by atoms with E-state index in [0.717, 1.165) is 0 Å². The first-order valence-corrected chi connectivity index (χ1v) is 6.42. The van der Waals surface area contributed by atoms with Crippen molar-refractivity contribution in [2.75, 3.05) is 7.11 Å². The van der Waals surface area contributed by atoms with Crippen LogP contribution >= 0.6 is 0 Å². The van der Waals surface area contributed by atoms with E-state index in [1.165, 1.54) is 13.3 Å². The van der Waals surface area contributed by atoms with Crippen molar-refractivity contribution >= 4 is 12.1 Å². The van der Waals surface area contributed by atoms with E-state index in [9.17, 15) is 14.7 Å². The molecular weight excluding hydrogens is 276 g/mol. The molecule has 0 unspecified atom stereocenters. The van der Waals surface area contributed by atoms with Gasteiger partial charge >= 0.3 is 12.1 Å². The van der Waals surface area contributed by atoms with Crippen LogP contribution in [0.25, 0.3) is 0 Å². The van der Waals surface area contributed by atoms with Crippen molar-refractivity contribution in [2.45, 2.75) is 38.8 Å². The summed E-state index contributed by atoms with van der Waals surface area (Å²) < 4.78 is 10.2. The molecular formula is C14H20N2O5. The van der Waals surface area contributed by atoms with Crippen molar-refractivity contribution in [3.05, 3.63) is 24.0 Å². The van der Waals surface area contributed by atoms with Crippen molar-refractivity contribution in [3.8, 4) is 5.75 Å². The molecule has 1 rings (SSSR count). The van der Waals surface area contributed by atoms with E-state index in [1.54, 1.807) is 33.0 Å². The van der Waals surface area contributed by atoms with Crippen LogP contribution in [0.4, 0.5) is 4.79 Å². The van der Waals surface area contributed by atoms with Gasteiger partial charge in [0.2, 0.25) is 0 Å². The summed E-state index contributed by atoms with van der Waals surface area (Å²) in [5.74, 6) is -0.644. The first-order valence-electron chi connectivity index (χ1n) is 6.42. The Balaban J connectivity index is 2.79. The topological polar surface area (TPSA) is 97.8 Å². The average Bonchev–Trinajstić information content (AvgIpc) is 2.36. The Morgan fingerprint density at radius 3 is 2.62 bits per heavy atom. The Bertz CT molecular complexity index is 510. The summed E-state index contributed by atoms with van der Waals surface area (Å²) >= 11 is 0. The lowest BCUT2D eigenvalue weighted by atomic mass is 10.1. The van der Waals surface area contributed by atoms with Crippen LogP contribution in [-0.2, 0) is 16.0 Å². The summed E-state index contributed by atoms with van der Waals surface area (Å²) in [6, 6.07) is 0.500. The van der Waals surface area contributed by atoms with Crippen LogP contribution in [0, 0.1) is 0 Å². The molecule has 0 saturated heterocycles. The number of hydrogen-bond acceptors (Lipinski definition) is 5. The summed E-state index contributed by atoms with van der Waals surface area (Å²) in [6.07, 6.45) is 2.31. The minimum Gasteiger partial charge on any atom is -0.496 e. The highest BCUT2D eigenvalue weighted by molar-refractivity contribution is 5.80. The number of carbonyl (C=O) groups excluding carboxylic acids is 1. The van der Waals surface area contributed by atoms with Crippen LogP contribution in [0.2, 0.25) is 0 Å². The molecule has 0 saturated carbocycles. The number of alkyl carbamates (subject to hydrolysis) is 1. The zero-order valence-corrected chi connectivity index (χ0v) is 12.5. The van der Waals surface area contributed by atoms with Crippen LogP contribution in [0.15, 0.2) is 18.5 Å². The number of pyridine rings is 1. The second-order valence-electron chi connectivity index (χ2n) is 5.43. The largest absolute Gasteiger partial charge is 0.496 e. The van der Waals surface area contributed by atoms with E-state index in [1.807, 2.05) is 0 Å². The Hall–Kier alpha value is -2.31. The van der Waals surface area contributed by atoms with Gasteiger partial charge in [0.1, 0.15) is 17.4 Å². The van der Waals surface area contributed by atoms with E-state index in [0.29, 0.717) is 11.3 Å². The highest BCUT2D eigenvalue weighted by Gasteiger charge is 2.25. The molecule has 2 N–H and O–H groups in total. The lowest BCUT2D eigenvalue weighted by molar-refractivity contribution is -0.139. The molecule has 0 aromatic carbocycles. The molecule has 0 aliphatic rings. The summed E-state index contributed by atoms with van der Waals surface area (Å²) in [7, 11) is 1.48. The Labute approximate surface area is 123 Å². The number of hydrogen-bond donors (Lipinski definition) is 2. The first kappa shape index (κ1) is 16.7. The van der Waals surface area contributed by atoms with Crippen LogP contribution in [0.1, 0.15) is 26.3 Å². The number of aromatic nitrogens is 1. The maximum absolute atomic E-state index is 11.7. The summed E-state index contributed by atoms with van der Waals surface area (Å²) in [5, 5.41) is 11.5. The first-order chi connectivity index (χ1) is 9.73. The maximum atomic E-state index is 11.7. The minimum absolute atomic E-state index is 0.0472. The van der Waals surface area contributed by atoms with Crippen molar-refractivity contribution in [2.24, 2.45) is 0 Å². The molecule has 1 amide bonds. The van der Waals surface area contributed by atoms with Gasteiger partial charge in [-0.1, -0.05) is 0 Å². The molecule has 7 heteroatoms. The van der Waals surface area contributed by atoms with Crippen molar-refractivity contribution in [1.29, 1.82) is 0 Å². The molecule has 1 atom stereocenters. The number of rotatable bonds is 5. The van der Waals surface area contributed by atoms with Gasteiger partial charge in [-0.2, -0.15) is 0 Å². The third-order valence-electron chi connectivity index (χ3n) is 2.49. The number of nitrogens with zero attached hydrogens (tertiary/aromatic N) is 1. The summed E-state index contributed by atoms with van der Waals surface area (Å²) in [6.45, 7) is 5.10. The van der Waals surface area contributed by atoms with Gasteiger partial charge < -0.3 is 19.9 Å². The Kier molecular flexibility index (Phi) is 5.52. The van der Waals surface area contributed by atoms with Gasteiger partial charge in [-0.05, 0) is 26.8 Å². The van der Waals surface area contributed by atoms with Gasteiger partial charge in [0.25, 0.3) is 0 Å². The normalized spacial score (nSPS) is 12.4. The second-order valence-corrected chi connectivity index (χ2v) is 5.43. The molecule has 0 radical (unpaired) electrons. The highest BCUT2D eigenvalue weighted by Crippen LogP contribution is 2.18. The van der Waals surface area contributed by atoms with Gasteiger partial charge in [-0.25, -0.2) is 9.59 Å². The van der Waals surface area contributed by atoms with E-state index in [4.69, 9.17) is 9.47 Å². The van der Waals surface area contributed by atoms with Crippen molar-refractivity contribution in [3.63, 3.8) is 0 Å². The molecule has 1 aromatic rings. The predicted octanol–water partition coefficient (Wildman–Crippen LogP) is 1.61. The van der Waals surface area contributed by atoms with E-state index >= 15 is 0 Å². The smallest absolute Gasteiger partial charge is 0.408 e. The molecule has 0 bridgehead atoms. The molecule has 1 heterocycles. The van der Waals surface area contributed by atoms with Crippen molar-refractivity contribution in [1.82, 2.24) is 10.3 Å². The Morgan fingerprint density at radius 2 is 2.10 bits per heavy atom. The lowest BCUT2D eigenvalue weighted by Gasteiger charge is -2.22. The molecule has 0 fully saturated rings. The van der Waals surface area contributed by atoms with Crippen LogP contribution < -0.4 is 10.1 Å². The quantitative estimate of drug-likeness (QED) is 0.856. The van der Waals surface area contributed by atoms with E-state index < -0.39 is 23.7 Å². The number of ether oxygens (including phenoxy) is 2. The average molecular weight is 296 g/mol. The van der Waals surface area contributed by atoms with Crippen molar-refractivity contribution < 1.29 is 24.2 Å². The van der Waals surface area contributed by atoms with Gasteiger partial charge in [-0.15, -0.1) is 0 Å². The zero-order valence-electron chi connectivity index (χ0n) is 12.5. The number of amides is 1. The van der Waals surface area contributed by atoms with Gasteiger partial charge in [0.05, 0.1) is 7.11 Å². The molecule has 7 nitrogen and oxygen atoms in total. The highest BCUT2D eigenvalue weighted by atomic mass is 16.6. The third-order valence-corrected chi connectivity index (χ3v) is 2.49. The number of carboxylic acids is 1. The van der Waals surface area contributed by atoms with E-state index in [2.05, 4.69) is 10.3 Å². The summed E-state index contributed by atoms with van der Waals surface area (Å²) in [4.78, 5) is 26.9. The maximum Gasteiger partial charge on any atom is 0.408 e. The number of methoxy groups -OCH3 is 1. The monoisotopic (exact) mass is 296 g/mol. The molecule has 1 aromatic heterocycles. The molecule has 116 valence electrons. The third kappa shape index (κ3) is 5.68. The van der Waals surface area contributed by atoms with Gasteiger partial charge in [-0.3, -0.25) is 4.98 Å². The molecule has 21 heavy (non-hydrogen) atoms. The number of nitrogens with one attached hydrogen (secondary N) is 1. The SMILES string of the molecule is COc1ccncc1C[C@@H](NC(=O)OC(C)(C)C)C(=O)O. The standard InChI is InChI=1S/C14H20N2O5/c1-14(2,3)21-13(19)16-10(12(17)18)7-9-8-15-6-5-11(9)20-4/h5-6,8,10H,7H2,1-4H3,(H,16,19)(H,17,18)/t10-/m1/s1. The number of aliphatic carboxylic acids is 1. The number of carboxylic acid groups (broad SMARTS) is 1. The van der Waals surface area contributed by atoms with Gasteiger partial charge in [0, 0.05) is 24.4 Å². The number of carbonyl (C=O) groups is 2. The van der Waals surface area contributed by atoms with Gasteiger partial charge in [0.15, 0.2) is 0 Å². The zero-order chi connectivity index (χ0) is 16.0. The molecule has 0 aliphatic carbocycles. The van der Waals surface area contributed by atoms with Crippen LogP contribution in [0.5, 0.6) is 5.75 Å². The Morgan fingerprint density at radius 1 is 1.43 bits per heavy atom. The fraction of sp³-hybridized carbons (Fsp3) is 0.500. The fourth-order valence-electron chi connectivity index (χ4n) is 1.64. The minimum atomic E-state index is -1.16. The fourth-order valence-corrected chi connectivity index (χ4v) is 1.64. The second kappa shape index (κ2) is 6.92. The lowest BCUT2D eigenvalue weighted by Crippen LogP contribution is -2.44. The predicted molar refractivity (Wildman–Crippen MR) is 75.3 cm³/mol. The molecule has 0 spiro atoms. The van der Waals surface area contributed by atoms with E-state index in [-0.39, 0.29) is 6.42 Å². The van der Waals surface area contributed by atoms with Crippen LogP contribution in [-0.4, -0.2) is 40.9 Å². The molecule has 0 aliphatic heterocycles. The summed E-state index contributed by atoms with van der Waals surface area (Å²) in [5.41, 5.74) is -0.109.